The Balaban J connectivity index is 2.44. The van der Waals surface area contributed by atoms with Crippen LogP contribution in [-0.4, -0.2) is 32.6 Å². The summed E-state index contributed by atoms with van der Waals surface area (Å²) in [6.45, 7) is 5.24. The van der Waals surface area contributed by atoms with Crippen LogP contribution in [0.5, 0.6) is 0 Å². The van der Waals surface area contributed by atoms with E-state index < -0.39 is 24.0 Å². The highest BCUT2D eigenvalue weighted by atomic mass is 16.4. The van der Waals surface area contributed by atoms with Crippen molar-refractivity contribution in [3.05, 3.63) is 40.9 Å². The van der Waals surface area contributed by atoms with Gasteiger partial charge in [0.15, 0.2) is 0 Å². The number of aromatic nitrogens is 2. The molecule has 0 spiro atoms. The van der Waals surface area contributed by atoms with E-state index in [0.29, 0.717) is 17.3 Å². The van der Waals surface area contributed by atoms with Crippen molar-refractivity contribution in [2.24, 2.45) is 5.92 Å². The summed E-state index contributed by atoms with van der Waals surface area (Å²) in [6, 6.07) is 5.06. The molecule has 7 heteroatoms. The fourth-order valence-corrected chi connectivity index (χ4v) is 2.47. The third-order valence-corrected chi connectivity index (χ3v) is 3.75. The van der Waals surface area contributed by atoms with E-state index in [9.17, 15) is 14.4 Å². The second-order valence-corrected chi connectivity index (χ2v) is 6.19. The Labute approximate surface area is 139 Å². The summed E-state index contributed by atoms with van der Waals surface area (Å²) in [5, 5.41) is 11.8. The molecule has 0 bridgehead atoms. The highest BCUT2D eigenvalue weighted by molar-refractivity contribution is 5.86. The van der Waals surface area contributed by atoms with E-state index >= 15 is 0 Å². The molecule has 2 atom stereocenters. The number of para-hydroxylation sites is 1. The molecule has 2 unspecified atom stereocenters. The van der Waals surface area contributed by atoms with Crippen LogP contribution in [0.1, 0.15) is 33.2 Å². The Hall–Kier alpha value is -2.70. The molecule has 24 heavy (non-hydrogen) atoms. The maximum absolute atomic E-state index is 12.7. The van der Waals surface area contributed by atoms with Gasteiger partial charge >= 0.3 is 5.97 Å². The highest BCUT2D eigenvalue weighted by Gasteiger charge is 2.26. The number of aliphatic carboxylic acids is 1. The molecule has 2 N–H and O–H groups in total. The van der Waals surface area contributed by atoms with Crippen molar-refractivity contribution in [2.45, 2.75) is 39.3 Å². The average molecular weight is 331 g/mol. The van der Waals surface area contributed by atoms with E-state index in [4.69, 9.17) is 5.11 Å². The van der Waals surface area contributed by atoms with E-state index in [0.717, 1.165) is 0 Å². The molecule has 0 radical (unpaired) electrons. The third kappa shape index (κ3) is 3.79. The lowest BCUT2D eigenvalue weighted by atomic mass is 10.0. The van der Waals surface area contributed by atoms with Gasteiger partial charge in [0.1, 0.15) is 12.1 Å². The summed E-state index contributed by atoms with van der Waals surface area (Å²) in [6.07, 6.45) is 1.75. The predicted molar refractivity (Wildman–Crippen MR) is 89.7 cm³/mol. The van der Waals surface area contributed by atoms with Crippen LogP contribution < -0.4 is 10.9 Å². The highest BCUT2D eigenvalue weighted by Crippen LogP contribution is 2.17. The molecule has 1 amide bonds. The normalized spacial score (nSPS) is 13.7. The molecule has 0 saturated carbocycles. The lowest BCUT2D eigenvalue weighted by Gasteiger charge is -2.22. The molecular formula is C17H21N3O4. The summed E-state index contributed by atoms with van der Waals surface area (Å²) in [7, 11) is 0. The maximum Gasteiger partial charge on any atom is 0.325 e. The molecule has 0 aliphatic carbocycles. The molecule has 1 aromatic heterocycles. The molecule has 7 nitrogen and oxygen atoms in total. The molecular weight excluding hydrogens is 310 g/mol. The molecule has 1 heterocycles. The number of benzene rings is 1. The van der Waals surface area contributed by atoms with Crippen LogP contribution in [0.15, 0.2) is 35.4 Å². The first-order chi connectivity index (χ1) is 11.3. The molecule has 2 rings (SSSR count). The van der Waals surface area contributed by atoms with Gasteiger partial charge in [-0.1, -0.05) is 26.0 Å². The van der Waals surface area contributed by atoms with Crippen molar-refractivity contribution in [1.29, 1.82) is 0 Å². The van der Waals surface area contributed by atoms with Gasteiger partial charge in [0.05, 0.1) is 17.2 Å². The lowest BCUT2D eigenvalue weighted by Crippen LogP contribution is -2.44. The van der Waals surface area contributed by atoms with Crippen LogP contribution in [-0.2, 0) is 9.59 Å². The van der Waals surface area contributed by atoms with Gasteiger partial charge in [-0.05, 0) is 31.4 Å². The minimum Gasteiger partial charge on any atom is -0.480 e. The van der Waals surface area contributed by atoms with Gasteiger partial charge in [0, 0.05) is 0 Å². The van der Waals surface area contributed by atoms with Gasteiger partial charge in [-0.2, -0.15) is 0 Å². The minimum absolute atomic E-state index is 0.138. The van der Waals surface area contributed by atoms with Gasteiger partial charge in [-0.3, -0.25) is 19.0 Å². The number of amides is 1. The van der Waals surface area contributed by atoms with Gasteiger partial charge in [-0.15, -0.1) is 0 Å². The van der Waals surface area contributed by atoms with Crippen molar-refractivity contribution in [1.82, 2.24) is 14.9 Å². The van der Waals surface area contributed by atoms with Crippen molar-refractivity contribution in [2.75, 3.05) is 0 Å². The number of hydrogen-bond donors (Lipinski definition) is 2. The van der Waals surface area contributed by atoms with E-state index in [1.165, 1.54) is 17.8 Å². The Morgan fingerprint density at radius 1 is 1.25 bits per heavy atom. The number of nitrogens with zero attached hydrogens (tertiary/aromatic N) is 2. The summed E-state index contributed by atoms with van der Waals surface area (Å²) < 4.78 is 1.28. The Morgan fingerprint density at radius 3 is 2.54 bits per heavy atom. The van der Waals surface area contributed by atoms with Crippen LogP contribution in [0.4, 0.5) is 0 Å². The van der Waals surface area contributed by atoms with Gasteiger partial charge in [0.25, 0.3) is 5.56 Å². The minimum atomic E-state index is -1.13. The van der Waals surface area contributed by atoms with Crippen molar-refractivity contribution >= 4 is 22.8 Å². The fourth-order valence-electron chi connectivity index (χ4n) is 2.47. The van der Waals surface area contributed by atoms with Crippen molar-refractivity contribution < 1.29 is 14.7 Å². The van der Waals surface area contributed by atoms with E-state index in [1.54, 1.807) is 24.3 Å². The number of carbonyl (C=O) groups is 2. The first kappa shape index (κ1) is 17.7. The zero-order chi connectivity index (χ0) is 17.9. The molecule has 0 aliphatic heterocycles. The predicted octanol–water partition coefficient (Wildman–Crippen LogP) is 1.57. The topological polar surface area (TPSA) is 101 Å². The van der Waals surface area contributed by atoms with E-state index in [1.807, 2.05) is 13.8 Å². The Bertz CT molecular complexity index is 813. The van der Waals surface area contributed by atoms with Crippen molar-refractivity contribution in [3.8, 4) is 0 Å². The monoisotopic (exact) mass is 331 g/mol. The summed E-state index contributed by atoms with van der Waals surface area (Å²) in [5.41, 5.74) is 0.241. The number of rotatable bonds is 6. The van der Waals surface area contributed by atoms with Crippen LogP contribution >= 0.6 is 0 Å². The summed E-state index contributed by atoms with van der Waals surface area (Å²) in [5.74, 6) is -1.49. The quantitative estimate of drug-likeness (QED) is 0.837. The number of carboxylic acid groups (broad SMARTS) is 1. The first-order valence-corrected chi connectivity index (χ1v) is 7.80. The van der Waals surface area contributed by atoms with Crippen molar-refractivity contribution in [3.63, 3.8) is 0 Å². The van der Waals surface area contributed by atoms with Gasteiger partial charge in [0.2, 0.25) is 5.91 Å². The molecule has 2 aromatic rings. The van der Waals surface area contributed by atoms with Crippen LogP contribution in [0, 0.1) is 5.92 Å². The van der Waals surface area contributed by atoms with E-state index in [-0.39, 0.29) is 11.5 Å². The second kappa shape index (κ2) is 7.25. The summed E-state index contributed by atoms with van der Waals surface area (Å²) >= 11 is 0. The van der Waals surface area contributed by atoms with Gasteiger partial charge in [-0.25, -0.2) is 4.98 Å². The SMILES string of the molecule is CC(C)CC(C(=O)NC(C)C(=O)O)n1cnc2ccccc2c1=O. The van der Waals surface area contributed by atoms with E-state index in [2.05, 4.69) is 10.3 Å². The number of carboxylic acids is 1. The zero-order valence-corrected chi connectivity index (χ0v) is 13.9. The molecule has 0 aliphatic rings. The number of hydrogen-bond acceptors (Lipinski definition) is 4. The Kier molecular flexibility index (Phi) is 5.33. The molecule has 0 fully saturated rings. The second-order valence-electron chi connectivity index (χ2n) is 6.19. The molecule has 128 valence electrons. The largest absolute Gasteiger partial charge is 0.480 e. The standard InChI is InChI=1S/C17H21N3O4/c1-10(2)8-14(15(21)19-11(3)17(23)24)20-9-18-13-7-5-4-6-12(13)16(20)22/h4-7,9-11,14H,8H2,1-3H3,(H,19,21)(H,23,24). The Morgan fingerprint density at radius 2 is 1.92 bits per heavy atom. The molecule has 0 saturated heterocycles. The number of fused-ring (bicyclic) bond motifs is 1. The first-order valence-electron chi connectivity index (χ1n) is 7.80. The lowest BCUT2D eigenvalue weighted by molar-refractivity contribution is -0.141. The maximum atomic E-state index is 12.7. The summed E-state index contributed by atoms with van der Waals surface area (Å²) in [4.78, 5) is 40.4. The fraction of sp³-hybridized carbons (Fsp3) is 0.412. The third-order valence-electron chi connectivity index (χ3n) is 3.75. The van der Waals surface area contributed by atoms with Crippen LogP contribution in [0.25, 0.3) is 10.9 Å². The average Bonchev–Trinajstić information content (AvgIpc) is 2.53. The smallest absolute Gasteiger partial charge is 0.325 e. The molecule has 1 aromatic carbocycles. The number of nitrogens with one attached hydrogen (secondary N) is 1. The zero-order valence-electron chi connectivity index (χ0n) is 13.9. The van der Waals surface area contributed by atoms with Crippen LogP contribution in [0.3, 0.4) is 0 Å². The van der Waals surface area contributed by atoms with Crippen LogP contribution in [0.2, 0.25) is 0 Å². The number of carbonyl (C=O) groups excluding carboxylic acids is 1. The van der Waals surface area contributed by atoms with Gasteiger partial charge < -0.3 is 10.4 Å².